The third kappa shape index (κ3) is 1.87. The fourth-order valence-electron chi connectivity index (χ4n) is 1.27. The van der Waals surface area contributed by atoms with Gasteiger partial charge in [-0.1, -0.05) is 12.1 Å². The van der Waals surface area contributed by atoms with Gasteiger partial charge in [-0.05, 0) is 0 Å². The number of aryl methyl sites for hydroxylation is 1. The van der Waals surface area contributed by atoms with E-state index in [1.54, 1.807) is 0 Å². The second-order valence-corrected chi connectivity index (χ2v) is 2.97. The van der Waals surface area contributed by atoms with Crippen molar-refractivity contribution < 1.29 is 9.26 Å². The minimum absolute atomic E-state index is 0.0680. The fraction of sp³-hybridized carbons (Fsp3) is 0.750. The Morgan fingerprint density at radius 3 is 3.15 bits per heavy atom. The summed E-state index contributed by atoms with van der Waals surface area (Å²) in [5.74, 6) is 1.33. The molecule has 13 heavy (non-hydrogen) atoms. The van der Waals surface area contributed by atoms with Gasteiger partial charge in [0, 0.05) is 19.5 Å². The number of hydrogen-bond acceptors (Lipinski definition) is 5. The summed E-state index contributed by atoms with van der Waals surface area (Å²) in [6.07, 6.45) is 0.727. The van der Waals surface area contributed by atoms with Gasteiger partial charge in [0.2, 0.25) is 0 Å². The Morgan fingerprint density at radius 1 is 1.62 bits per heavy atom. The highest BCUT2D eigenvalue weighted by atomic mass is 16.5. The lowest BCUT2D eigenvalue weighted by Gasteiger charge is -2.19. The molecule has 0 bridgehead atoms. The molecule has 1 N–H and O–H groups in total. The molecule has 1 aliphatic rings. The molecule has 1 aromatic rings. The van der Waals surface area contributed by atoms with Crippen molar-refractivity contribution in [1.29, 1.82) is 0 Å². The molecule has 1 atom stereocenters. The SMILES string of the molecule is CCc1noc(C2CNCCO2)n1. The highest BCUT2D eigenvalue weighted by molar-refractivity contribution is 4.91. The van der Waals surface area contributed by atoms with Crippen LogP contribution in [0.4, 0.5) is 0 Å². The van der Waals surface area contributed by atoms with Crippen molar-refractivity contribution >= 4 is 0 Å². The van der Waals surface area contributed by atoms with Gasteiger partial charge >= 0.3 is 0 Å². The van der Waals surface area contributed by atoms with Crippen LogP contribution in [0, 0.1) is 0 Å². The van der Waals surface area contributed by atoms with Crippen LogP contribution in [0.5, 0.6) is 0 Å². The zero-order valence-corrected chi connectivity index (χ0v) is 7.62. The number of hydrogen-bond donors (Lipinski definition) is 1. The Morgan fingerprint density at radius 2 is 2.54 bits per heavy atom. The largest absolute Gasteiger partial charge is 0.366 e. The molecular formula is C8H13N3O2. The van der Waals surface area contributed by atoms with Crippen LogP contribution in [0.25, 0.3) is 0 Å². The van der Waals surface area contributed by atoms with Crippen molar-refractivity contribution in [3.05, 3.63) is 11.7 Å². The van der Waals surface area contributed by atoms with Gasteiger partial charge in [0.25, 0.3) is 5.89 Å². The molecule has 1 unspecified atom stereocenters. The molecular weight excluding hydrogens is 170 g/mol. The third-order valence-corrected chi connectivity index (χ3v) is 2.00. The minimum atomic E-state index is -0.0680. The van der Waals surface area contributed by atoms with Crippen molar-refractivity contribution in [2.24, 2.45) is 0 Å². The zero-order valence-electron chi connectivity index (χ0n) is 7.62. The van der Waals surface area contributed by atoms with Gasteiger partial charge in [0.1, 0.15) is 6.10 Å². The molecule has 1 aromatic heterocycles. The Bertz CT molecular complexity index is 268. The number of aromatic nitrogens is 2. The predicted octanol–water partition coefficient (Wildman–Crippen LogP) is 0.293. The van der Waals surface area contributed by atoms with Crippen molar-refractivity contribution in [2.45, 2.75) is 19.4 Å². The van der Waals surface area contributed by atoms with Crippen molar-refractivity contribution in [2.75, 3.05) is 19.7 Å². The fourth-order valence-corrected chi connectivity index (χ4v) is 1.27. The first-order chi connectivity index (χ1) is 6.40. The maximum Gasteiger partial charge on any atom is 0.257 e. The molecule has 2 heterocycles. The van der Waals surface area contributed by atoms with Crippen LogP contribution in [-0.2, 0) is 11.2 Å². The van der Waals surface area contributed by atoms with Gasteiger partial charge in [-0.25, -0.2) is 0 Å². The normalized spacial score (nSPS) is 23.3. The Balaban J connectivity index is 2.05. The number of nitrogens with one attached hydrogen (secondary N) is 1. The van der Waals surface area contributed by atoms with E-state index in [1.807, 2.05) is 6.92 Å². The van der Waals surface area contributed by atoms with Crippen molar-refractivity contribution in [1.82, 2.24) is 15.5 Å². The van der Waals surface area contributed by atoms with Gasteiger partial charge in [-0.3, -0.25) is 0 Å². The molecule has 0 aromatic carbocycles. The summed E-state index contributed by atoms with van der Waals surface area (Å²) in [6.45, 7) is 4.35. The zero-order chi connectivity index (χ0) is 9.10. The summed E-state index contributed by atoms with van der Waals surface area (Å²) in [4.78, 5) is 4.21. The van der Waals surface area contributed by atoms with E-state index < -0.39 is 0 Å². The number of ether oxygens (including phenoxy) is 1. The van der Waals surface area contributed by atoms with Crippen molar-refractivity contribution in [3.8, 4) is 0 Å². The quantitative estimate of drug-likeness (QED) is 0.714. The molecule has 0 radical (unpaired) electrons. The van der Waals surface area contributed by atoms with E-state index in [1.165, 1.54) is 0 Å². The maximum atomic E-state index is 5.46. The maximum absolute atomic E-state index is 5.46. The number of rotatable bonds is 2. The summed E-state index contributed by atoms with van der Waals surface area (Å²) in [7, 11) is 0. The van der Waals surface area contributed by atoms with E-state index in [-0.39, 0.29) is 6.10 Å². The topological polar surface area (TPSA) is 60.2 Å². The predicted molar refractivity (Wildman–Crippen MR) is 45.2 cm³/mol. The van der Waals surface area contributed by atoms with Crippen LogP contribution in [0.15, 0.2) is 4.52 Å². The first-order valence-corrected chi connectivity index (χ1v) is 4.55. The second kappa shape index (κ2) is 3.85. The summed E-state index contributed by atoms with van der Waals surface area (Å²) in [5.41, 5.74) is 0. The Hall–Kier alpha value is -0.940. The summed E-state index contributed by atoms with van der Waals surface area (Å²) >= 11 is 0. The van der Waals surface area contributed by atoms with E-state index in [0.717, 1.165) is 25.3 Å². The lowest BCUT2D eigenvalue weighted by Crippen LogP contribution is -2.33. The van der Waals surface area contributed by atoms with Gasteiger partial charge in [-0.15, -0.1) is 0 Å². The second-order valence-electron chi connectivity index (χ2n) is 2.97. The molecule has 72 valence electrons. The van der Waals surface area contributed by atoms with Crippen LogP contribution >= 0.6 is 0 Å². The van der Waals surface area contributed by atoms with Gasteiger partial charge in [0.15, 0.2) is 5.82 Å². The van der Waals surface area contributed by atoms with E-state index in [9.17, 15) is 0 Å². The van der Waals surface area contributed by atoms with Gasteiger partial charge in [-0.2, -0.15) is 4.98 Å². The molecule has 5 heteroatoms. The molecule has 1 fully saturated rings. The molecule has 5 nitrogen and oxygen atoms in total. The molecule has 2 rings (SSSR count). The lowest BCUT2D eigenvalue weighted by atomic mass is 10.3. The summed E-state index contributed by atoms with van der Waals surface area (Å²) < 4.78 is 10.5. The van der Waals surface area contributed by atoms with E-state index in [4.69, 9.17) is 9.26 Å². The molecule has 0 saturated carbocycles. The molecule has 1 aliphatic heterocycles. The Labute approximate surface area is 76.5 Å². The van der Waals surface area contributed by atoms with Crippen LogP contribution in [0.2, 0.25) is 0 Å². The highest BCUT2D eigenvalue weighted by Crippen LogP contribution is 2.16. The van der Waals surface area contributed by atoms with Crippen LogP contribution in [-0.4, -0.2) is 29.8 Å². The average molecular weight is 183 g/mol. The lowest BCUT2D eigenvalue weighted by molar-refractivity contribution is 0.00755. The summed E-state index contributed by atoms with van der Waals surface area (Å²) in [5, 5.41) is 7.02. The van der Waals surface area contributed by atoms with Crippen LogP contribution < -0.4 is 5.32 Å². The number of morpholine rings is 1. The Kier molecular flexibility index (Phi) is 2.56. The van der Waals surface area contributed by atoms with Gasteiger partial charge < -0.3 is 14.6 Å². The smallest absolute Gasteiger partial charge is 0.257 e. The van der Waals surface area contributed by atoms with E-state index in [2.05, 4.69) is 15.5 Å². The van der Waals surface area contributed by atoms with E-state index >= 15 is 0 Å². The monoisotopic (exact) mass is 183 g/mol. The average Bonchev–Trinajstić information content (AvgIpc) is 2.67. The van der Waals surface area contributed by atoms with Crippen LogP contribution in [0.1, 0.15) is 24.7 Å². The third-order valence-electron chi connectivity index (χ3n) is 2.00. The standard InChI is InChI=1S/C8H13N3O2/c1-2-7-10-8(13-11-7)6-5-9-3-4-12-6/h6,9H,2-5H2,1H3. The van der Waals surface area contributed by atoms with Crippen molar-refractivity contribution in [3.63, 3.8) is 0 Å². The van der Waals surface area contributed by atoms with Crippen LogP contribution in [0.3, 0.4) is 0 Å². The molecule has 0 aliphatic carbocycles. The molecule has 0 amide bonds. The first kappa shape index (κ1) is 8.65. The minimum Gasteiger partial charge on any atom is -0.366 e. The molecule has 0 spiro atoms. The highest BCUT2D eigenvalue weighted by Gasteiger charge is 2.21. The molecule has 1 saturated heterocycles. The van der Waals surface area contributed by atoms with Gasteiger partial charge in [0.05, 0.1) is 6.61 Å². The first-order valence-electron chi connectivity index (χ1n) is 4.55. The number of nitrogens with zero attached hydrogens (tertiary/aromatic N) is 2. The van der Waals surface area contributed by atoms with E-state index in [0.29, 0.717) is 12.5 Å². The summed E-state index contributed by atoms with van der Waals surface area (Å²) in [6, 6.07) is 0.